The van der Waals surface area contributed by atoms with E-state index in [1.165, 1.54) is 0 Å². The van der Waals surface area contributed by atoms with Crippen molar-refractivity contribution in [2.75, 3.05) is 26.2 Å². The van der Waals surface area contributed by atoms with Gasteiger partial charge in [-0.3, -0.25) is 9.59 Å². The number of aliphatic carboxylic acids is 1. The Bertz CT molecular complexity index is 1100. The van der Waals surface area contributed by atoms with Crippen LogP contribution in [-0.4, -0.2) is 66.3 Å². The number of hydrogen-bond acceptors (Lipinski definition) is 5. The molecule has 1 aliphatic carbocycles. The van der Waals surface area contributed by atoms with Gasteiger partial charge in [-0.05, 0) is 62.1 Å². The minimum atomic E-state index is -0.737. The molecule has 3 amide bonds. The average molecular weight is 544 g/mol. The van der Waals surface area contributed by atoms with Crippen LogP contribution in [0.3, 0.4) is 0 Å². The van der Waals surface area contributed by atoms with Crippen LogP contribution in [0.15, 0.2) is 48.5 Å². The third kappa shape index (κ3) is 7.77. The van der Waals surface area contributed by atoms with Crippen LogP contribution in [0.1, 0.15) is 48.9 Å². The van der Waals surface area contributed by atoms with E-state index in [-0.39, 0.29) is 30.1 Å². The van der Waals surface area contributed by atoms with E-state index >= 15 is 0 Å². The fourth-order valence-corrected chi connectivity index (χ4v) is 4.94. The molecule has 1 saturated carbocycles. The highest BCUT2D eigenvalue weighted by Crippen LogP contribution is 2.28. The summed E-state index contributed by atoms with van der Waals surface area (Å²) in [5.41, 5.74) is 0.499. The lowest BCUT2D eigenvalue weighted by Gasteiger charge is -2.32. The molecule has 2 fully saturated rings. The van der Waals surface area contributed by atoms with Crippen molar-refractivity contribution < 1.29 is 29.0 Å². The number of hydrogen-bond donors (Lipinski definition) is 3. The van der Waals surface area contributed by atoms with Crippen LogP contribution in [0.4, 0.5) is 4.79 Å². The van der Waals surface area contributed by atoms with Crippen LogP contribution < -0.4 is 20.1 Å². The molecule has 10 heteroatoms. The van der Waals surface area contributed by atoms with Crippen LogP contribution in [0.5, 0.6) is 11.5 Å². The second-order valence-corrected chi connectivity index (χ2v) is 10.1. The van der Waals surface area contributed by atoms with E-state index in [9.17, 15) is 14.4 Å². The number of rotatable bonds is 9. The Kier molecular flexibility index (Phi) is 9.70. The number of urea groups is 1. The molecule has 1 heterocycles. The van der Waals surface area contributed by atoms with Gasteiger partial charge >= 0.3 is 12.0 Å². The van der Waals surface area contributed by atoms with Crippen LogP contribution in [0, 0.1) is 5.92 Å². The van der Waals surface area contributed by atoms with E-state index in [2.05, 4.69) is 10.6 Å². The second kappa shape index (κ2) is 13.4. The molecule has 0 atom stereocenters. The summed E-state index contributed by atoms with van der Waals surface area (Å²) in [7, 11) is 0. The minimum absolute atomic E-state index is 0.00503. The monoisotopic (exact) mass is 543 g/mol. The van der Waals surface area contributed by atoms with Crippen molar-refractivity contribution in [3.05, 3.63) is 59.1 Å². The highest BCUT2D eigenvalue weighted by molar-refractivity contribution is 6.32. The first-order valence-electron chi connectivity index (χ1n) is 13.1. The molecule has 0 aromatic heterocycles. The number of benzene rings is 2. The zero-order chi connectivity index (χ0) is 26.9. The predicted octanol–water partition coefficient (Wildman–Crippen LogP) is 4.35. The summed E-state index contributed by atoms with van der Waals surface area (Å²) in [5, 5.41) is 15.4. The van der Waals surface area contributed by atoms with Gasteiger partial charge in [-0.25, -0.2) is 4.79 Å². The fraction of sp³-hybridized carbons (Fsp3) is 0.464. The van der Waals surface area contributed by atoms with Gasteiger partial charge in [-0.2, -0.15) is 0 Å². The minimum Gasteiger partial charge on any atom is -0.490 e. The number of ether oxygens (including phenoxy) is 2. The highest BCUT2D eigenvalue weighted by atomic mass is 35.5. The molecule has 204 valence electrons. The van der Waals surface area contributed by atoms with Gasteiger partial charge in [0.2, 0.25) is 0 Å². The number of carboxylic acids is 1. The molecule has 1 aliphatic heterocycles. The lowest BCUT2D eigenvalue weighted by Crippen LogP contribution is -2.48. The smallest absolute Gasteiger partial charge is 0.317 e. The third-order valence-electron chi connectivity index (χ3n) is 6.99. The van der Waals surface area contributed by atoms with E-state index in [0.29, 0.717) is 73.9 Å². The maximum atomic E-state index is 12.5. The number of carboxylic acid groups (broad SMARTS) is 1. The zero-order valence-electron chi connectivity index (χ0n) is 21.2. The molecule has 9 nitrogen and oxygen atoms in total. The summed E-state index contributed by atoms with van der Waals surface area (Å²) in [5.74, 6) is 0.0741. The van der Waals surface area contributed by atoms with E-state index in [1.54, 1.807) is 35.2 Å². The van der Waals surface area contributed by atoms with Crippen molar-refractivity contribution in [1.29, 1.82) is 0 Å². The molecule has 2 aliphatic rings. The van der Waals surface area contributed by atoms with Gasteiger partial charge in [0.1, 0.15) is 17.6 Å². The Labute approximate surface area is 227 Å². The normalized spacial score (nSPS) is 19.9. The van der Waals surface area contributed by atoms with Crippen LogP contribution in [0.25, 0.3) is 0 Å². The Morgan fingerprint density at radius 2 is 1.47 bits per heavy atom. The largest absolute Gasteiger partial charge is 0.490 e. The Morgan fingerprint density at radius 1 is 0.842 bits per heavy atom. The molecule has 0 spiro atoms. The van der Waals surface area contributed by atoms with Crippen molar-refractivity contribution >= 4 is 29.5 Å². The number of piperidine rings is 1. The molecule has 38 heavy (non-hydrogen) atoms. The number of carbonyl (C=O) groups excluding carboxylic acids is 2. The topological polar surface area (TPSA) is 117 Å². The molecule has 0 unspecified atom stereocenters. The second-order valence-electron chi connectivity index (χ2n) is 9.68. The van der Waals surface area contributed by atoms with Gasteiger partial charge in [0.05, 0.1) is 17.0 Å². The SMILES string of the molecule is O=C(NCCNC(=O)N1CCC(Oc2ccccc2Cl)CC1)c1ccc(O[C@H]2CC[C@@H](C(=O)O)CC2)cc1. The van der Waals surface area contributed by atoms with Crippen LogP contribution in [-0.2, 0) is 4.79 Å². The average Bonchev–Trinajstić information content (AvgIpc) is 2.93. The van der Waals surface area contributed by atoms with E-state index in [0.717, 1.165) is 12.8 Å². The number of amides is 3. The molecule has 3 N–H and O–H groups in total. The van der Waals surface area contributed by atoms with Gasteiger partial charge in [0.25, 0.3) is 5.91 Å². The lowest BCUT2D eigenvalue weighted by molar-refractivity contribution is -0.143. The van der Waals surface area contributed by atoms with Crippen LogP contribution >= 0.6 is 11.6 Å². The van der Waals surface area contributed by atoms with Gasteiger partial charge < -0.3 is 30.1 Å². The van der Waals surface area contributed by atoms with Crippen molar-refractivity contribution in [3.8, 4) is 11.5 Å². The van der Waals surface area contributed by atoms with Gasteiger partial charge in [-0.15, -0.1) is 0 Å². The van der Waals surface area contributed by atoms with E-state index in [4.69, 9.17) is 26.2 Å². The first-order valence-corrected chi connectivity index (χ1v) is 13.5. The molecule has 0 radical (unpaired) electrons. The maximum absolute atomic E-state index is 12.5. The summed E-state index contributed by atoms with van der Waals surface area (Å²) in [6.07, 6.45) is 4.10. The van der Waals surface area contributed by atoms with Crippen molar-refractivity contribution in [2.24, 2.45) is 5.92 Å². The van der Waals surface area contributed by atoms with Crippen molar-refractivity contribution in [3.63, 3.8) is 0 Å². The molecule has 2 aromatic rings. The molecular formula is C28H34ClN3O6. The van der Waals surface area contributed by atoms with Crippen LogP contribution in [0.2, 0.25) is 5.02 Å². The third-order valence-corrected chi connectivity index (χ3v) is 7.30. The number of para-hydroxylation sites is 1. The molecular weight excluding hydrogens is 510 g/mol. The Morgan fingerprint density at radius 3 is 2.13 bits per heavy atom. The molecule has 2 aromatic carbocycles. The highest BCUT2D eigenvalue weighted by Gasteiger charge is 2.27. The molecule has 1 saturated heterocycles. The summed E-state index contributed by atoms with van der Waals surface area (Å²) in [4.78, 5) is 37.8. The standard InChI is InChI=1S/C28H34ClN3O6/c29-24-3-1-2-4-25(24)38-23-13-17-32(18-14-23)28(36)31-16-15-30-26(33)19-5-9-21(10-6-19)37-22-11-7-20(8-12-22)27(34)35/h1-6,9-10,20,22-23H,7-8,11-18H2,(H,30,33)(H,31,36)(H,34,35)/t20-,22+. The number of nitrogens with one attached hydrogen (secondary N) is 2. The Balaban J connectivity index is 1.11. The lowest BCUT2D eigenvalue weighted by atomic mass is 9.87. The first-order chi connectivity index (χ1) is 18.4. The Hall–Kier alpha value is -3.46. The number of carbonyl (C=O) groups is 3. The van der Waals surface area contributed by atoms with E-state index in [1.807, 2.05) is 18.2 Å². The molecule has 0 bridgehead atoms. The van der Waals surface area contributed by atoms with Crippen molar-refractivity contribution in [1.82, 2.24) is 15.5 Å². The van der Waals surface area contributed by atoms with E-state index < -0.39 is 5.97 Å². The predicted molar refractivity (Wildman–Crippen MR) is 143 cm³/mol. The number of nitrogens with zero attached hydrogens (tertiary/aromatic N) is 1. The number of likely N-dealkylation sites (tertiary alicyclic amines) is 1. The quantitative estimate of drug-likeness (QED) is 0.405. The van der Waals surface area contributed by atoms with Crippen molar-refractivity contribution in [2.45, 2.75) is 50.7 Å². The summed E-state index contributed by atoms with van der Waals surface area (Å²) in [6.45, 7) is 1.80. The maximum Gasteiger partial charge on any atom is 0.317 e. The summed E-state index contributed by atoms with van der Waals surface area (Å²) >= 11 is 6.16. The summed E-state index contributed by atoms with van der Waals surface area (Å²) in [6, 6.07) is 14.1. The number of halogens is 1. The first kappa shape index (κ1) is 27.6. The fourth-order valence-electron chi connectivity index (χ4n) is 4.76. The van der Waals surface area contributed by atoms with Gasteiger partial charge in [0, 0.05) is 44.6 Å². The van der Waals surface area contributed by atoms with Gasteiger partial charge in [-0.1, -0.05) is 23.7 Å². The van der Waals surface area contributed by atoms with Gasteiger partial charge in [0.15, 0.2) is 0 Å². The summed E-state index contributed by atoms with van der Waals surface area (Å²) < 4.78 is 11.9. The zero-order valence-corrected chi connectivity index (χ0v) is 22.0. The molecule has 4 rings (SSSR count).